The quantitative estimate of drug-likeness (QED) is 0.585. The molecule has 0 aliphatic rings. The van der Waals surface area contributed by atoms with E-state index in [0.717, 1.165) is 10.6 Å². The lowest BCUT2D eigenvalue weighted by Crippen LogP contribution is -2.37. The molecule has 0 aromatic heterocycles. The number of hydrogen-bond donors (Lipinski definition) is 1. The second-order valence-corrected chi connectivity index (χ2v) is 8.46. The Balaban J connectivity index is 2.29. The molecule has 2 aromatic carbocycles. The molecule has 0 saturated carbocycles. The van der Waals surface area contributed by atoms with E-state index in [2.05, 4.69) is 5.32 Å². The fourth-order valence-corrected chi connectivity index (χ4v) is 3.75. The molecular weight excluding hydrogens is 424 g/mol. The van der Waals surface area contributed by atoms with E-state index >= 15 is 0 Å². The minimum Gasteiger partial charge on any atom is -0.493 e. The first kappa shape index (κ1) is 24.0. The van der Waals surface area contributed by atoms with E-state index in [1.54, 1.807) is 38.1 Å². The van der Waals surface area contributed by atoms with E-state index in [4.69, 9.17) is 14.2 Å². The van der Waals surface area contributed by atoms with Crippen molar-refractivity contribution in [2.75, 3.05) is 43.2 Å². The van der Waals surface area contributed by atoms with E-state index in [0.29, 0.717) is 28.3 Å². The monoisotopic (exact) mass is 450 g/mol. The average molecular weight is 451 g/mol. The lowest BCUT2D eigenvalue weighted by atomic mass is 10.1. The first-order valence-electron chi connectivity index (χ1n) is 9.38. The molecule has 2 rings (SSSR count). The predicted octanol–water partition coefficient (Wildman–Crippen LogP) is 2.59. The van der Waals surface area contributed by atoms with Gasteiger partial charge >= 0.3 is 5.97 Å². The zero-order chi connectivity index (χ0) is 23.2. The maximum atomic E-state index is 12.7. The standard InChI is InChI=1S/C21H26N2O7S/c1-6-30-21(25)16-8-7-9-17(14(16)2)22-20(24)13-23(31(5,26)27)15-10-11-18(28-3)19(12-15)29-4/h7-12H,6,13H2,1-5H3,(H,22,24). The van der Waals surface area contributed by atoms with Crippen molar-refractivity contribution < 1.29 is 32.2 Å². The predicted molar refractivity (Wildman–Crippen MR) is 118 cm³/mol. The molecule has 0 bridgehead atoms. The number of amides is 1. The van der Waals surface area contributed by atoms with Gasteiger partial charge < -0.3 is 19.5 Å². The average Bonchev–Trinajstić information content (AvgIpc) is 2.72. The van der Waals surface area contributed by atoms with Crippen LogP contribution in [0.5, 0.6) is 11.5 Å². The van der Waals surface area contributed by atoms with Gasteiger partial charge in [0.2, 0.25) is 15.9 Å². The Hall–Kier alpha value is -3.27. The van der Waals surface area contributed by atoms with Gasteiger partial charge in [-0.15, -0.1) is 0 Å². The fraction of sp³-hybridized carbons (Fsp3) is 0.333. The third-order valence-corrected chi connectivity index (χ3v) is 5.59. The molecule has 31 heavy (non-hydrogen) atoms. The zero-order valence-corrected chi connectivity index (χ0v) is 18.9. The first-order chi connectivity index (χ1) is 14.6. The number of benzene rings is 2. The summed E-state index contributed by atoms with van der Waals surface area (Å²) in [6, 6.07) is 9.36. The van der Waals surface area contributed by atoms with Crippen LogP contribution in [0.3, 0.4) is 0 Å². The molecule has 0 radical (unpaired) electrons. The molecule has 0 heterocycles. The highest BCUT2D eigenvalue weighted by atomic mass is 32.2. The Morgan fingerprint density at radius 2 is 1.74 bits per heavy atom. The van der Waals surface area contributed by atoms with Gasteiger partial charge in [0.05, 0.1) is 38.3 Å². The number of anilines is 2. The number of carbonyl (C=O) groups is 2. The van der Waals surface area contributed by atoms with Crippen molar-refractivity contribution >= 4 is 33.3 Å². The first-order valence-corrected chi connectivity index (χ1v) is 11.2. The summed E-state index contributed by atoms with van der Waals surface area (Å²) < 4.78 is 41.1. The van der Waals surface area contributed by atoms with E-state index in [-0.39, 0.29) is 12.3 Å². The van der Waals surface area contributed by atoms with E-state index in [1.165, 1.54) is 26.4 Å². The normalized spacial score (nSPS) is 10.9. The van der Waals surface area contributed by atoms with Gasteiger partial charge in [-0.25, -0.2) is 13.2 Å². The number of ether oxygens (including phenoxy) is 3. The van der Waals surface area contributed by atoms with E-state index in [1.807, 2.05) is 0 Å². The summed E-state index contributed by atoms with van der Waals surface area (Å²) in [6.07, 6.45) is 1.00. The molecular formula is C21H26N2O7S. The second-order valence-electron chi connectivity index (χ2n) is 6.56. The van der Waals surface area contributed by atoms with Gasteiger partial charge in [-0.05, 0) is 43.7 Å². The van der Waals surface area contributed by atoms with Crippen molar-refractivity contribution in [3.63, 3.8) is 0 Å². The molecule has 1 amide bonds. The number of rotatable bonds is 9. The van der Waals surface area contributed by atoms with Crippen LogP contribution in [-0.4, -0.2) is 53.9 Å². The molecule has 1 N–H and O–H groups in total. The summed E-state index contributed by atoms with van der Waals surface area (Å²) in [5, 5.41) is 2.66. The van der Waals surface area contributed by atoms with Crippen molar-refractivity contribution in [1.82, 2.24) is 0 Å². The molecule has 2 aromatic rings. The van der Waals surface area contributed by atoms with Gasteiger partial charge in [0.15, 0.2) is 11.5 Å². The Morgan fingerprint density at radius 3 is 2.32 bits per heavy atom. The Morgan fingerprint density at radius 1 is 1.06 bits per heavy atom. The van der Waals surface area contributed by atoms with Gasteiger partial charge in [-0.2, -0.15) is 0 Å². The van der Waals surface area contributed by atoms with Gasteiger partial charge in [-0.3, -0.25) is 9.10 Å². The smallest absolute Gasteiger partial charge is 0.338 e. The Bertz CT molecular complexity index is 1070. The maximum absolute atomic E-state index is 12.7. The van der Waals surface area contributed by atoms with Gasteiger partial charge in [0, 0.05) is 11.8 Å². The number of methoxy groups -OCH3 is 2. The lowest BCUT2D eigenvalue weighted by Gasteiger charge is -2.23. The molecule has 0 atom stereocenters. The topological polar surface area (TPSA) is 111 Å². The molecule has 0 unspecified atom stereocenters. The zero-order valence-electron chi connectivity index (χ0n) is 18.1. The molecule has 0 aliphatic carbocycles. The van der Waals surface area contributed by atoms with Crippen LogP contribution in [0.2, 0.25) is 0 Å². The Kier molecular flexibility index (Phi) is 7.87. The second kappa shape index (κ2) is 10.2. The van der Waals surface area contributed by atoms with Gasteiger partial charge in [0.1, 0.15) is 6.54 Å². The molecule has 10 heteroatoms. The lowest BCUT2D eigenvalue weighted by molar-refractivity contribution is -0.114. The van der Waals surface area contributed by atoms with Crippen LogP contribution in [0.1, 0.15) is 22.8 Å². The minimum absolute atomic E-state index is 0.226. The van der Waals surface area contributed by atoms with Crippen LogP contribution < -0.4 is 19.1 Å². The van der Waals surface area contributed by atoms with Gasteiger partial charge in [0.25, 0.3) is 0 Å². The third kappa shape index (κ3) is 5.88. The van der Waals surface area contributed by atoms with Crippen molar-refractivity contribution in [1.29, 1.82) is 0 Å². The third-order valence-electron chi connectivity index (χ3n) is 4.45. The summed E-state index contributed by atoms with van der Waals surface area (Å²) in [4.78, 5) is 24.8. The SMILES string of the molecule is CCOC(=O)c1cccc(NC(=O)CN(c2ccc(OC)c(OC)c2)S(C)(=O)=O)c1C. The fourth-order valence-electron chi connectivity index (χ4n) is 2.90. The van der Waals surface area contributed by atoms with Crippen LogP contribution >= 0.6 is 0 Å². The molecule has 0 fully saturated rings. The summed E-state index contributed by atoms with van der Waals surface area (Å²) in [7, 11) is -0.894. The van der Waals surface area contributed by atoms with Crippen LogP contribution in [0, 0.1) is 6.92 Å². The highest BCUT2D eigenvalue weighted by Gasteiger charge is 2.23. The number of hydrogen-bond acceptors (Lipinski definition) is 7. The minimum atomic E-state index is -3.79. The van der Waals surface area contributed by atoms with Crippen molar-refractivity contribution in [3.05, 3.63) is 47.5 Å². The van der Waals surface area contributed by atoms with E-state index in [9.17, 15) is 18.0 Å². The summed E-state index contributed by atoms with van der Waals surface area (Å²) in [5.41, 5.74) is 1.47. The van der Waals surface area contributed by atoms with Gasteiger partial charge in [-0.1, -0.05) is 6.07 Å². The highest BCUT2D eigenvalue weighted by Crippen LogP contribution is 2.32. The molecule has 0 aliphatic heterocycles. The van der Waals surface area contributed by atoms with Crippen molar-refractivity contribution in [2.45, 2.75) is 13.8 Å². The van der Waals surface area contributed by atoms with Crippen molar-refractivity contribution in [3.8, 4) is 11.5 Å². The molecule has 9 nitrogen and oxygen atoms in total. The van der Waals surface area contributed by atoms with Crippen LogP contribution in [0.25, 0.3) is 0 Å². The summed E-state index contributed by atoms with van der Waals surface area (Å²) in [5.74, 6) is -0.328. The summed E-state index contributed by atoms with van der Waals surface area (Å²) >= 11 is 0. The number of sulfonamides is 1. The number of nitrogens with zero attached hydrogens (tertiary/aromatic N) is 1. The van der Waals surface area contributed by atoms with E-state index < -0.39 is 28.4 Å². The number of carbonyl (C=O) groups excluding carboxylic acids is 2. The van der Waals surface area contributed by atoms with Crippen LogP contribution in [0.15, 0.2) is 36.4 Å². The summed E-state index contributed by atoms with van der Waals surface area (Å²) in [6.45, 7) is 3.12. The highest BCUT2D eigenvalue weighted by molar-refractivity contribution is 7.92. The Labute approximate surface area is 182 Å². The van der Waals surface area contributed by atoms with Crippen LogP contribution in [-0.2, 0) is 19.6 Å². The largest absolute Gasteiger partial charge is 0.493 e. The van der Waals surface area contributed by atoms with Crippen LogP contribution in [0.4, 0.5) is 11.4 Å². The molecule has 0 spiro atoms. The molecule has 0 saturated heterocycles. The number of nitrogens with one attached hydrogen (secondary N) is 1. The molecule has 168 valence electrons. The maximum Gasteiger partial charge on any atom is 0.338 e. The number of esters is 1. The van der Waals surface area contributed by atoms with Crippen molar-refractivity contribution in [2.24, 2.45) is 0 Å².